The van der Waals surface area contributed by atoms with E-state index >= 15 is 0 Å². The van der Waals surface area contributed by atoms with E-state index in [1.807, 2.05) is 12.1 Å². The van der Waals surface area contributed by atoms with E-state index in [2.05, 4.69) is 33.8 Å². The molecule has 0 heterocycles. The fourth-order valence-electron chi connectivity index (χ4n) is 2.35. The van der Waals surface area contributed by atoms with Crippen molar-refractivity contribution >= 4 is 15.9 Å². The van der Waals surface area contributed by atoms with E-state index < -0.39 is 0 Å². The van der Waals surface area contributed by atoms with Crippen LogP contribution in [-0.4, -0.2) is 38.2 Å². The lowest BCUT2D eigenvalue weighted by molar-refractivity contribution is 0.271. The largest absolute Gasteiger partial charge is 0.496 e. The van der Waals surface area contributed by atoms with Gasteiger partial charge in [-0.1, -0.05) is 22.9 Å². The maximum absolute atomic E-state index is 5.57. The third-order valence-electron chi connectivity index (χ3n) is 3.41. The molecule has 3 nitrogen and oxygen atoms in total. The number of hydrogen-bond acceptors (Lipinski definition) is 3. The second-order valence-corrected chi connectivity index (χ2v) is 5.96. The summed E-state index contributed by atoms with van der Waals surface area (Å²) in [5.41, 5.74) is 6.83. The molecular formula is C16H27BrN2O. The summed E-state index contributed by atoms with van der Waals surface area (Å²) < 4.78 is 6.54. The summed E-state index contributed by atoms with van der Waals surface area (Å²) in [6, 6.07) is 6.20. The summed E-state index contributed by atoms with van der Waals surface area (Å²) in [6.45, 7) is 6.39. The van der Waals surface area contributed by atoms with Crippen LogP contribution in [0.4, 0.5) is 0 Å². The van der Waals surface area contributed by atoms with Crippen LogP contribution in [0, 0.1) is 0 Å². The molecule has 1 rings (SSSR count). The zero-order valence-corrected chi connectivity index (χ0v) is 14.3. The van der Waals surface area contributed by atoms with Crippen molar-refractivity contribution in [2.24, 2.45) is 5.73 Å². The maximum atomic E-state index is 5.57. The summed E-state index contributed by atoms with van der Waals surface area (Å²) in [5, 5.41) is 0. The molecule has 0 unspecified atom stereocenters. The van der Waals surface area contributed by atoms with Crippen LogP contribution in [0.15, 0.2) is 22.7 Å². The number of rotatable bonds is 10. The number of nitrogens with two attached hydrogens (primary N) is 1. The standard InChI is InChI=1S/C16H27BrN2O/c1-3-10-19(11-5-4-9-18)12-8-14-13-15(17)6-7-16(14)20-2/h6-7,13H,3-5,8-12,18H2,1-2H3. The van der Waals surface area contributed by atoms with E-state index in [-0.39, 0.29) is 0 Å². The Morgan fingerprint density at radius 3 is 2.65 bits per heavy atom. The van der Waals surface area contributed by atoms with Crippen molar-refractivity contribution in [3.05, 3.63) is 28.2 Å². The fourth-order valence-corrected chi connectivity index (χ4v) is 2.76. The van der Waals surface area contributed by atoms with Gasteiger partial charge in [0.2, 0.25) is 0 Å². The Bertz CT molecular complexity index is 385. The Morgan fingerprint density at radius 1 is 1.20 bits per heavy atom. The minimum absolute atomic E-state index is 0.791. The first-order chi connectivity index (χ1) is 9.71. The maximum Gasteiger partial charge on any atom is 0.122 e. The Hall–Kier alpha value is -0.580. The zero-order chi connectivity index (χ0) is 14.8. The first-order valence-corrected chi connectivity index (χ1v) is 8.25. The molecule has 0 aliphatic rings. The number of halogens is 1. The second kappa shape index (κ2) is 10.2. The molecule has 4 heteroatoms. The van der Waals surface area contributed by atoms with E-state index in [9.17, 15) is 0 Å². The predicted octanol–water partition coefficient (Wildman–Crippen LogP) is 3.45. The summed E-state index contributed by atoms with van der Waals surface area (Å²) in [4.78, 5) is 2.52. The number of methoxy groups -OCH3 is 1. The molecule has 0 spiro atoms. The van der Waals surface area contributed by atoms with Gasteiger partial charge in [-0.25, -0.2) is 0 Å². The monoisotopic (exact) mass is 342 g/mol. The highest BCUT2D eigenvalue weighted by molar-refractivity contribution is 9.10. The average Bonchev–Trinajstić information content (AvgIpc) is 2.45. The number of benzene rings is 1. The molecule has 0 bridgehead atoms. The average molecular weight is 343 g/mol. The molecule has 0 aliphatic heterocycles. The zero-order valence-electron chi connectivity index (χ0n) is 12.7. The molecule has 0 radical (unpaired) electrons. The molecule has 1 aromatic rings. The van der Waals surface area contributed by atoms with E-state index in [1.165, 1.54) is 18.4 Å². The van der Waals surface area contributed by atoms with Crippen molar-refractivity contribution in [2.45, 2.75) is 32.6 Å². The highest BCUT2D eigenvalue weighted by Crippen LogP contribution is 2.23. The smallest absolute Gasteiger partial charge is 0.122 e. The van der Waals surface area contributed by atoms with Crippen molar-refractivity contribution in [3.63, 3.8) is 0 Å². The number of nitrogens with zero attached hydrogens (tertiary/aromatic N) is 1. The summed E-state index contributed by atoms with van der Waals surface area (Å²) in [7, 11) is 1.73. The molecule has 0 aliphatic carbocycles. The van der Waals surface area contributed by atoms with Gasteiger partial charge in [-0.05, 0) is 69.1 Å². The molecule has 20 heavy (non-hydrogen) atoms. The van der Waals surface area contributed by atoms with Gasteiger partial charge in [-0.3, -0.25) is 0 Å². The number of ether oxygens (including phenoxy) is 1. The molecule has 0 saturated heterocycles. The molecule has 0 saturated carbocycles. The Kier molecular flexibility index (Phi) is 8.90. The van der Waals surface area contributed by atoms with Crippen molar-refractivity contribution in [2.75, 3.05) is 33.3 Å². The number of hydrogen-bond donors (Lipinski definition) is 1. The lowest BCUT2D eigenvalue weighted by atomic mass is 10.1. The molecule has 0 aromatic heterocycles. The molecule has 0 atom stereocenters. The third-order valence-corrected chi connectivity index (χ3v) is 3.90. The summed E-state index contributed by atoms with van der Waals surface area (Å²) in [6.07, 6.45) is 4.51. The van der Waals surface area contributed by atoms with Gasteiger partial charge in [0, 0.05) is 11.0 Å². The summed E-state index contributed by atoms with van der Waals surface area (Å²) in [5.74, 6) is 0.978. The van der Waals surface area contributed by atoms with Crippen molar-refractivity contribution < 1.29 is 4.74 Å². The van der Waals surface area contributed by atoms with Crippen LogP contribution in [0.2, 0.25) is 0 Å². The van der Waals surface area contributed by atoms with Crippen molar-refractivity contribution in [1.82, 2.24) is 4.90 Å². The normalized spacial score (nSPS) is 11.1. The molecule has 0 fully saturated rings. The van der Waals surface area contributed by atoms with Crippen LogP contribution in [0.3, 0.4) is 0 Å². The Labute approximate surface area is 131 Å². The molecule has 0 amide bonds. The van der Waals surface area contributed by atoms with Crippen LogP contribution in [0.25, 0.3) is 0 Å². The minimum atomic E-state index is 0.791. The summed E-state index contributed by atoms with van der Waals surface area (Å²) >= 11 is 3.53. The Balaban J connectivity index is 2.55. The van der Waals surface area contributed by atoms with E-state index in [0.717, 1.165) is 49.2 Å². The van der Waals surface area contributed by atoms with Gasteiger partial charge in [-0.15, -0.1) is 0 Å². The van der Waals surface area contributed by atoms with Gasteiger partial charge in [0.1, 0.15) is 5.75 Å². The molecule has 114 valence electrons. The SMILES string of the molecule is CCCN(CCCCN)CCc1cc(Br)ccc1OC. The lowest BCUT2D eigenvalue weighted by Gasteiger charge is -2.22. The van der Waals surface area contributed by atoms with Gasteiger partial charge in [0.25, 0.3) is 0 Å². The van der Waals surface area contributed by atoms with Gasteiger partial charge >= 0.3 is 0 Å². The van der Waals surface area contributed by atoms with Crippen LogP contribution < -0.4 is 10.5 Å². The van der Waals surface area contributed by atoms with Gasteiger partial charge in [-0.2, -0.15) is 0 Å². The highest BCUT2D eigenvalue weighted by Gasteiger charge is 2.08. The van der Waals surface area contributed by atoms with Gasteiger partial charge in [0.05, 0.1) is 7.11 Å². The minimum Gasteiger partial charge on any atom is -0.496 e. The van der Waals surface area contributed by atoms with Crippen molar-refractivity contribution in [1.29, 1.82) is 0 Å². The second-order valence-electron chi connectivity index (χ2n) is 5.04. The first-order valence-electron chi connectivity index (χ1n) is 7.46. The highest BCUT2D eigenvalue weighted by atomic mass is 79.9. The quantitative estimate of drug-likeness (QED) is 0.662. The third kappa shape index (κ3) is 6.25. The van der Waals surface area contributed by atoms with Crippen LogP contribution >= 0.6 is 15.9 Å². The van der Waals surface area contributed by atoms with Crippen LogP contribution in [0.5, 0.6) is 5.75 Å². The van der Waals surface area contributed by atoms with E-state index in [4.69, 9.17) is 10.5 Å². The van der Waals surface area contributed by atoms with E-state index in [1.54, 1.807) is 7.11 Å². The number of unbranched alkanes of at least 4 members (excludes halogenated alkanes) is 1. The van der Waals surface area contributed by atoms with Crippen molar-refractivity contribution in [3.8, 4) is 5.75 Å². The Morgan fingerprint density at radius 2 is 2.00 bits per heavy atom. The topological polar surface area (TPSA) is 38.5 Å². The van der Waals surface area contributed by atoms with Gasteiger partial charge < -0.3 is 15.4 Å². The fraction of sp³-hybridized carbons (Fsp3) is 0.625. The van der Waals surface area contributed by atoms with Gasteiger partial charge in [0.15, 0.2) is 0 Å². The molecular weight excluding hydrogens is 316 g/mol. The molecule has 1 aromatic carbocycles. The molecule has 2 N–H and O–H groups in total. The predicted molar refractivity (Wildman–Crippen MR) is 89.4 cm³/mol. The first kappa shape index (κ1) is 17.5. The van der Waals surface area contributed by atoms with Crippen LogP contribution in [0.1, 0.15) is 31.7 Å². The van der Waals surface area contributed by atoms with Crippen LogP contribution in [-0.2, 0) is 6.42 Å². The van der Waals surface area contributed by atoms with E-state index in [0.29, 0.717) is 0 Å². The lowest BCUT2D eigenvalue weighted by Crippen LogP contribution is -2.28.